The lowest BCUT2D eigenvalue weighted by molar-refractivity contribution is -0.116. The maximum absolute atomic E-state index is 12.1. The number of amides is 1. The summed E-state index contributed by atoms with van der Waals surface area (Å²) in [5, 5.41) is 9.60. The number of guanidine groups is 1. The Bertz CT molecular complexity index is 797. The highest BCUT2D eigenvalue weighted by Crippen LogP contribution is 2.22. The standard InChI is InChI=1S/C19H26ClN5O2/c1-5-21-19(23-11-18-24-13(3)14(4)27-18)22-9-8-17(26)25-16-7-6-12(2)10-15(16)20/h6-7,10H,5,8-9,11H2,1-4H3,(H,25,26)(H2,21,22,23). The highest BCUT2D eigenvalue weighted by Gasteiger charge is 2.08. The summed E-state index contributed by atoms with van der Waals surface area (Å²) in [4.78, 5) is 20.8. The van der Waals surface area contributed by atoms with Crippen LogP contribution < -0.4 is 16.0 Å². The quantitative estimate of drug-likeness (QED) is 0.497. The molecule has 0 aliphatic carbocycles. The van der Waals surface area contributed by atoms with E-state index in [-0.39, 0.29) is 12.3 Å². The third-order valence-electron chi connectivity index (χ3n) is 3.83. The number of halogens is 1. The smallest absolute Gasteiger partial charge is 0.226 e. The van der Waals surface area contributed by atoms with Crippen LogP contribution in [0.1, 0.15) is 36.3 Å². The lowest BCUT2D eigenvalue weighted by Gasteiger charge is -2.11. The van der Waals surface area contributed by atoms with Crippen molar-refractivity contribution in [1.82, 2.24) is 15.6 Å². The van der Waals surface area contributed by atoms with Crippen molar-refractivity contribution in [3.8, 4) is 0 Å². The first kappa shape index (κ1) is 20.8. The zero-order valence-corrected chi connectivity index (χ0v) is 16.9. The molecule has 8 heteroatoms. The average molecular weight is 392 g/mol. The summed E-state index contributed by atoms with van der Waals surface area (Å²) in [6.45, 7) is 9.17. The highest BCUT2D eigenvalue weighted by molar-refractivity contribution is 6.33. The third kappa shape index (κ3) is 6.60. The van der Waals surface area contributed by atoms with Crippen molar-refractivity contribution in [2.24, 2.45) is 4.99 Å². The predicted molar refractivity (Wildman–Crippen MR) is 108 cm³/mol. The number of aliphatic imine (C=N–C) groups is 1. The number of anilines is 1. The summed E-state index contributed by atoms with van der Waals surface area (Å²) in [7, 11) is 0. The van der Waals surface area contributed by atoms with Crippen LogP contribution in [0.2, 0.25) is 5.02 Å². The number of aromatic nitrogens is 1. The maximum atomic E-state index is 12.1. The van der Waals surface area contributed by atoms with Crippen LogP contribution in [0.3, 0.4) is 0 Å². The molecule has 0 saturated heterocycles. The van der Waals surface area contributed by atoms with Gasteiger partial charge in [-0.3, -0.25) is 4.79 Å². The van der Waals surface area contributed by atoms with E-state index in [2.05, 4.69) is 25.9 Å². The second kappa shape index (κ2) is 9.97. The predicted octanol–water partition coefficient (Wildman–Crippen LogP) is 3.34. The second-order valence-electron chi connectivity index (χ2n) is 6.15. The Balaban J connectivity index is 1.84. The van der Waals surface area contributed by atoms with Crippen LogP contribution in [0.4, 0.5) is 5.69 Å². The Hall–Kier alpha value is -2.54. The molecule has 0 aliphatic rings. The fraction of sp³-hybridized carbons (Fsp3) is 0.421. The Morgan fingerprint density at radius 2 is 2.04 bits per heavy atom. The molecular weight excluding hydrogens is 366 g/mol. The summed E-state index contributed by atoms with van der Waals surface area (Å²) < 4.78 is 5.52. The van der Waals surface area contributed by atoms with Gasteiger partial charge >= 0.3 is 0 Å². The van der Waals surface area contributed by atoms with Gasteiger partial charge in [0.2, 0.25) is 11.8 Å². The van der Waals surface area contributed by atoms with Crippen molar-refractivity contribution >= 4 is 29.2 Å². The molecule has 0 aliphatic heterocycles. The number of hydrogen-bond acceptors (Lipinski definition) is 4. The van der Waals surface area contributed by atoms with Crippen LogP contribution in [0.15, 0.2) is 27.6 Å². The van der Waals surface area contributed by atoms with Crippen molar-refractivity contribution in [3.05, 3.63) is 46.1 Å². The van der Waals surface area contributed by atoms with E-state index in [1.54, 1.807) is 6.07 Å². The summed E-state index contributed by atoms with van der Waals surface area (Å²) in [5.41, 5.74) is 2.52. The van der Waals surface area contributed by atoms with Crippen molar-refractivity contribution in [3.63, 3.8) is 0 Å². The first-order chi connectivity index (χ1) is 12.9. The minimum atomic E-state index is -0.122. The summed E-state index contributed by atoms with van der Waals surface area (Å²) >= 11 is 6.14. The largest absolute Gasteiger partial charge is 0.444 e. The molecule has 2 rings (SSSR count). The van der Waals surface area contributed by atoms with Crippen LogP contribution in [0.5, 0.6) is 0 Å². The van der Waals surface area contributed by atoms with Crippen molar-refractivity contribution in [2.45, 2.75) is 40.7 Å². The molecule has 0 radical (unpaired) electrons. The lowest BCUT2D eigenvalue weighted by Crippen LogP contribution is -2.38. The number of nitrogens with one attached hydrogen (secondary N) is 3. The molecule has 0 fully saturated rings. The zero-order chi connectivity index (χ0) is 19.8. The van der Waals surface area contributed by atoms with Crippen molar-refractivity contribution < 1.29 is 9.21 Å². The van der Waals surface area contributed by atoms with Crippen LogP contribution >= 0.6 is 11.6 Å². The zero-order valence-electron chi connectivity index (χ0n) is 16.1. The Morgan fingerprint density at radius 1 is 1.26 bits per heavy atom. The molecule has 1 aromatic heterocycles. The Kier molecular flexibility index (Phi) is 7.67. The molecule has 0 unspecified atom stereocenters. The van der Waals surface area contributed by atoms with Gasteiger partial charge in [-0.15, -0.1) is 0 Å². The monoisotopic (exact) mass is 391 g/mol. The third-order valence-corrected chi connectivity index (χ3v) is 4.15. The van der Waals surface area contributed by atoms with Gasteiger partial charge in [0.05, 0.1) is 16.4 Å². The molecule has 2 aromatic rings. The van der Waals surface area contributed by atoms with Gasteiger partial charge in [-0.05, 0) is 45.4 Å². The van der Waals surface area contributed by atoms with Crippen molar-refractivity contribution in [1.29, 1.82) is 0 Å². The fourth-order valence-electron chi connectivity index (χ4n) is 2.32. The first-order valence-corrected chi connectivity index (χ1v) is 9.28. The van der Waals surface area contributed by atoms with Gasteiger partial charge in [-0.25, -0.2) is 9.98 Å². The summed E-state index contributed by atoms with van der Waals surface area (Å²) in [6.07, 6.45) is 0.284. The van der Waals surface area contributed by atoms with Gasteiger partial charge in [0.1, 0.15) is 12.3 Å². The van der Waals surface area contributed by atoms with Crippen LogP contribution in [0, 0.1) is 20.8 Å². The Labute approximate surface area is 164 Å². The number of benzene rings is 1. The normalized spacial score (nSPS) is 11.4. The van der Waals surface area contributed by atoms with Gasteiger partial charge < -0.3 is 20.4 Å². The van der Waals surface area contributed by atoms with E-state index in [1.807, 2.05) is 39.8 Å². The van der Waals surface area contributed by atoms with Gasteiger partial charge in [-0.1, -0.05) is 17.7 Å². The minimum Gasteiger partial charge on any atom is -0.444 e. The molecule has 3 N–H and O–H groups in total. The van der Waals surface area contributed by atoms with Gasteiger partial charge in [-0.2, -0.15) is 0 Å². The number of hydrogen-bond donors (Lipinski definition) is 3. The first-order valence-electron chi connectivity index (χ1n) is 8.90. The number of rotatable bonds is 7. The van der Waals surface area contributed by atoms with Crippen LogP contribution in [-0.2, 0) is 11.3 Å². The number of nitrogens with zero attached hydrogens (tertiary/aromatic N) is 2. The molecule has 7 nitrogen and oxygen atoms in total. The molecule has 1 aromatic carbocycles. The Morgan fingerprint density at radius 3 is 2.67 bits per heavy atom. The molecule has 146 valence electrons. The van der Waals surface area contributed by atoms with Crippen LogP contribution in [0.25, 0.3) is 0 Å². The second-order valence-corrected chi connectivity index (χ2v) is 6.56. The number of carbonyl (C=O) groups is 1. The molecule has 0 saturated carbocycles. The molecule has 0 atom stereocenters. The SMILES string of the molecule is CCNC(=NCc1nc(C)c(C)o1)NCCC(=O)Nc1ccc(C)cc1Cl. The molecule has 1 amide bonds. The molecule has 1 heterocycles. The maximum Gasteiger partial charge on any atom is 0.226 e. The van der Waals surface area contributed by atoms with Gasteiger partial charge in [0.25, 0.3) is 0 Å². The topological polar surface area (TPSA) is 91.6 Å². The average Bonchev–Trinajstić information content (AvgIpc) is 2.93. The van der Waals surface area contributed by atoms with E-state index >= 15 is 0 Å². The highest BCUT2D eigenvalue weighted by atomic mass is 35.5. The van der Waals surface area contributed by atoms with E-state index in [0.717, 1.165) is 17.0 Å². The van der Waals surface area contributed by atoms with Crippen LogP contribution in [-0.4, -0.2) is 29.9 Å². The summed E-state index contributed by atoms with van der Waals surface area (Å²) in [5.74, 6) is 1.84. The van der Waals surface area contributed by atoms with Gasteiger partial charge in [0.15, 0.2) is 5.96 Å². The van der Waals surface area contributed by atoms with E-state index in [4.69, 9.17) is 16.0 Å². The van der Waals surface area contributed by atoms with E-state index in [0.29, 0.717) is 42.2 Å². The molecular formula is C19H26ClN5O2. The molecule has 0 bridgehead atoms. The van der Waals surface area contributed by atoms with E-state index in [1.165, 1.54) is 0 Å². The van der Waals surface area contributed by atoms with E-state index < -0.39 is 0 Å². The van der Waals surface area contributed by atoms with Crippen molar-refractivity contribution in [2.75, 3.05) is 18.4 Å². The lowest BCUT2D eigenvalue weighted by atomic mass is 10.2. The number of oxazole rings is 1. The van der Waals surface area contributed by atoms with E-state index in [9.17, 15) is 4.79 Å². The fourth-order valence-corrected chi connectivity index (χ4v) is 2.61. The molecule has 0 spiro atoms. The summed E-state index contributed by atoms with van der Waals surface area (Å²) in [6, 6.07) is 5.52. The number of aryl methyl sites for hydroxylation is 3. The minimum absolute atomic E-state index is 0.122. The molecule has 27 heavy (non-hydrogen) atoms. The van der Waals surface area contributed by atoms with Gasteiger partial charge in [0, 0.05) is 19.5 Å². The number of carbonyl (C=O) groups excluding carboxylic acids is 1.